The number of aliphatic hydroxyl groups excluding tert-OH is 3. The molecular weight excluding hydrogens is 650 g/mol. The Kier molecular flexibility index (Phi) is 12.8. The molecule has 0 aliphatic carbocycles. The fourth-order valence-corrected chi connectivity index (χ4v) is 8.73. The van der Waals surface area contributed by atoms with Gasteiger partial charge in [-0.05, 0) is 81.0 Å². The van der Waals surface area contributed by atoms with Crippen molar-refractivity contribution >= 4 is 5.97 Å². The van der Waals surface area contributed by atoms with Gasteiger partial charge in [0.1, 0.15) is 41.4 Å². The molecule has 290 valence electrons. The molecule has 3 saturated heterocycles. The van der Waals surface area contributed by atoms with Crippen molar-refractivity contribution in [1.29, 1.82) is 0 Å². The zero-order valence-electron chi connectivity index (χ0n) is 32.4. The van der Waals surface area contributed by atoms with Gasteiger partial charge in [0.15, 0.2) is 12.6 Å². The number of ether oxygens (including phenoxy) is 7. The summed E-state index contributed by atoms with van der Waals surface area (Å²) in [6.07, 6.45) is -7.24. The quantitative estimate of drug-likeness (QED) is 0.258. The first-order valence-corrected chi connectivity index (χ1v) is 18.3. The zero-order valence-corrected chi connectivity index (χ0v) is 32.4. The smallest absolute Gasteiger partial charge is 0.311 e. The van der Waals surface area contributed by atoms with Crippen LogP contribution in [0.4, 0.5) is 0 Å². The second-order valence-corrected chi connectivity index (χ2v) is 16.3. The number of rotatable bonds is 9. The largest absolute Gasteiger partial charge is 0.488 e. The van der Waals surface area contributed by atoms with Gasteiger partial charge in [-0.2, -0.15) is 0 Å². The zero-order chi connectivity index (χ0) is 37.7. The van der Waals surface area contributed by atoms with Crippen LogP contribution in [0.25, 0.3) is 0 Å². The third kappa shape index (κ3) is 7.93. The van der Waals surface area contributed by atoms with E-state index in [0.717, 1.165) is 5.57 Å². The molecule has 0 aromatic rings. The number of esters is 1. The Labute approximate surface area is 298 Å². The summed E-state index contributed by atoms with van der Waals surface area (Å²) in [5, 5.41) is 45.2. The topological polar surface area (TPSA) is 166 Å². The van der Waals surface area contributed by atoms with Crippen molar-refractivity contribution in [2.75, 3.05) is 21.2 Å². The maximum atomic E-state index is 14.3. The highest BCUT2D eigenvalue weighted by atomic mass is 16.7. The molecule has 0 aromatic carbocycles. The van der Waals surface area contributed by atoms with E-state index in [1.54, 1.807) is 27.7 Å². The highest BCUT2D eigenvalue weighted by Crippen LogP contribution is 2.48. The number of fused-ring (bicyclic) bond motifs is 2. The number of carbonyl (C=O) groups is 1. The van der Waals surface area contributed by atoms with Crippen LogP contribution in [0.3, 0.4) is 0 Å². The third-order valence-corrected chi connectivity index (χ3v) is 11.9. The molecule has 0 saturated carbocycles. The maximum absolute atomic E-state index is 14.3. The molecule has 0 amide bonds. The summed E-state index contributed by atoms with van der Waals surface area (Å²) in [6.45, 7) is 18.0. The molecule has 13 heteroatoms. The number of methoxy groups -OCH3 is 1. The molecule has 50 heavy (non-hydrogen) atoms. The summed E-state index contributed by atoms with van der Waals surface area (Å²) in [6, 6.07) is -0.223. The Morgan fingerprint density at radius 3 is 2.28 bits per heavy atom. The van der Waals surface area contributed by atoms with E-state index in [1.807, 2.05) is 53.6 Å². The molecule has 4 N–H and O–H groups in total. The van der Waals surface area contributed by atoms with Crippen molar-refractivity contribution in [3.63, 3.8) is 0 Å². The van der Waals surface area contributed by atoms with Crippen LogP contribution in [0, 0.1) is 17.8 Å². The minimum Gasteiger partial charge on any atom is -0.488 e. The van der Waals surface area contributed by atoms with Crippen LogP contribution in [0.2, 0.25) is 0 Å². The first kappa shape index (κ1) is 41.4. The van der Waals surface area contributed by atoms with Crippen LogP contribution in [0.15, 0.2) is 11.3 Å². The molecule has 4 aliphatic heterocycles. The predicted octanol–water partition coefficient (Wildman–Crippen LogP) is 2.89. The molecular formula is C37H65NO12. The minimum atomic E-state index is -1.82. The lowest BCUT2D eigenvalue weighted by molar-refractivity contribution is -0.316. The van der Waals surface area contributed by atoms with Crippen molar-refractivity contribution in [1.82, 2.24) is 4.90 Å². The highest BCUT2D eigenvalue weighted by molar-refractivity contribution is 5.73. The molecule has 6 unspecified atom stereocenters. The molecule has 4 rings (SSSR count). The van der Waals surface area contributed by atoms with Crippen LogP contribution < -0.4 is 0 Å². The van der Waals surface area contributed by atoms with Gasteiger partial charge in [0.05, 0.1) is 41.9 Å². The molecule has 0 radical (unpaired) electrons. The van der Waals surface area contributed by atoms with Gasteiger partial charge in [-0.1, -0.05) is 20.8 Å². The molecule has 4 heterocycles. The molecule has 17 atom stereocenters. The lowest BCUT2D eigenvalue weighted by atomic mass is 9.78. The molecule has 13 nitrogen and oxygen atoms in total. The second kappa shape index (κ2) is 15.5. The number of nitrogens with zero attached hydrogens (tertiary/aromatic N) is 1. The number of cyclic esters (lactones) is 1. The Bertz CT molecular complexity index is 1210. The Balaban J connectivity index is 1.83. The number of carbonyl (C=O) groups excluding carboxylic acids is 1. The Morgan fingerprint density at radius 1 is 1.06 bits per heavy atom. The van der Waals surface area contributed by atoms with Gasteiger partial charge in [0.25, 0.3) is 0 Å². The fraction of sp³-hybridized carbons (Fsp3) is 0.919. The maximum Gasteiger partial charge on any atom is 0.311 e. The van der Waals surface area contributed by atoms with Crippen molar-refractivity contribution in [2.24, 2.45) is 17.8 Å². The Morgan fingerprint density at radius 2 is 1.70 bits per heavy atom. The summed E-state index contributed by atoms with van der Waals surface area (Å²) in [5.74, 6) is -2.26. The van der Waals surface area contributed by atoms with Crippen LogP contribution in [-0.4, -0.2) is 137 Å². The molecule has 2 bridgehead atoms. The van der Waals surface area contributed by atoms with Crippen molar-refractivity contribution in [2.45, 2.75) is 179 Å². The van der Waals surface area contributed by atoms with Gasteiger partial charge in [0, 0.05) is 31.9 Å². The van der Waals surface area contributed by atoms with E-state index in [2.05, 4.69) is 0 Å². The summed E-state index contributed by atoms with van der Waals surface area (Å²) >= 11 is 0. The van der Waals surface area contributed by atoms with E-state index in [9.17, 15) is 25.2 Å². The van der Waals surface area contributed by atoms with E-state index in [4.69, 9.17) is 33.2 Å². The van der Waals surface area contributed by atoms with E-state index in [0.29, 0.717) is 18.6 Å². The molecule has 0 spiro atoms. The average molecular weight is 716 g/mol. The SMILES string of the molecule is CC[C@@H](O)[C@@](C)(O)[C@@H]1OC(=O)[C@H](C)[C@@H](O[C@H]2CC(C)(OC)[C@@H](O)C(C)O2)[C@H](C)[C@@H](O[C@@H]2OC(C)CC(N(C)C)C2O)[C@@]2(C)CC(C)=C(O2)C1C. The van der Waals surface area contributed by atoms with Crippen LogP contribution in [-0.2, 0) is 38.0 Å². The minimum absolute atomic E-state index is 0.174. The highest BCUT2D eigenvalue weighted by Gasteiger charge is 2.57. The van der Waals surface area contributed by atoms with E-state index in [-0.39, 0.29) is 25.0 Å². The number of likely N-dealkylation sites (N-methyl/N-ethyl adjacent to an activating group) is 1. The van der Waals surface area contributed by atoms with Gasteiger partial charge >= 0.3 is 5.97 Å². The monoisotopic (exact) mass is 715 g/mol. The molecule has 3 fully saturated rings. The second-order valence-electron chi connectivity index (χ2n) is 16.3. The van der Waals surface area contributed by atoms with Crippen molar-refractivity contribution in [3.8, 4) is 0 Å². The van der Waals surface area contributed by atoms with Gasteiger partial charge in [0.2, 0.25) is 0 Å². The normalized spacial score (nSPS) is 46.5. The van der Waals surface area contributed by atoms with E-state index < -0.39 is 95.8 Å². The van der Waals surface area contributed by atoms with Crippen molar-refractivity contribution < 1.29 is 58.4 Å². The number of aliphatic hydroxyl groups is 4. The molecule has 4 aliphatic rings. The van der Waals surface area contributed by atoms with E-state index >= 15 is 0 Å². The van der Waals surface area contributed by atoms with Gasteiger partial charge in [-0.25, -0.2) is 0 Å². The van der Waals surface area contributed by atoms with Crippen molar-refractivity contribution in [3.05, 3.63) is 11.3 Å². The fourth-order valence-electron chi connectivity index (χ4n) is 8.73. The van der Waals surface area contributed by atoms with E-state index in [1.165, 1.54) is 14.0 Å². The molecule has 0 aromatic heterocycles. The number of hydrogen-bond donors (Lipinski definition) is 4. The average Bonchev–Trinajstić information content (AvgIpc) is 3.36. The lowest BCUT2D eigenvalue weighted by Gasteiger charge is -2.48. The Hall–Kier alpha value is -1.39. The first-order valence-electron chi connectivity index (χ1n) is 18.3. The van der Waals surface area contributed by atoms with Gasteiger partial charge in [-0.3, -0.25) is 4.79 Å². The summed E-state index contributed by atoms with van der Waals surface area (Å²) < 4.78 is 44.8. The van der Waals surface area contributed by atoms with Crippen LogP contribution >= 0.6 is 0 Å². The lowest BCUT2D eigenvalue weighted by Crippen LogP contribution is -2.60. The summed E-state index contributed by atoms with van der Waals surface area (Å²) in [4.78, 5) is 16.2. The van der Waals surface area contributed by atoms with Crippen LogP contribution in [0.5, 0.6) is 0 Å². The third-order valence-electron chi connectivity index (χ3n) is 11.9. The summed E-state index contributed by atoms with van der Waals surface area (Å²) in [7, 11) is 5.35. The van der Waals surface area contributed by atoms with Crippen LogP contribution in [0.1, 0.15) is 94.9 Å². The summed E-state index contributed by atoms with van der Waals surface area (Å²) in [5.41, 5.74) is -2.95. The van der Waals surface area contributed by atoms with Gasteiger partial charge in [-0.15, -0.1) is 0 Å². The first-order chi connectivity index (χ1) is 23.1. The predicted molar refractivity (Wildman–Crippen MR) is 184 cm³/mol. The number of hydrogen-bond acceptors (Lipinski definition) is 13. The van der Waals surface area contributed by atoms with Gasteiger partial charge < -0.3 is 58.5 Å². The standard InChI is InChI=1S/C37H65NO12/c1-14-25(39)37(10,43)32-20(4)28-18(2)16-36(9,50-28)31(49-34-27(40)24(38(11)12)15-19(3)45-34)21(5)29(22(6)33(42)48-32)47-26-17-35(8,44-13)30(41)23(7)46-26/h19-27,29-32,34,39-41,43H,14-17H2,1-13H3/t19?,20?,21-,22+,23?,24?,25+,26-,27?,29-,30-,31+,32+,34-,35?,36+,37+/m0/s1.